The fourth-order valence-electron chi connectivity index (χ4n) is 2.05. The van der Waals surface area contributed by atoms with Crippen molar-refractivity contribution in [3.05, 3.63) is 60.4 Å². The van der Waals surface area contributed by atoms with E-state index in [0.29, 0.717) is 13.2 Å². The molecule has 0 radical (unpaired) electrons. The Balaban J connectivity index is 2.40. The van der Waals surface area contributed by atoms with E-state index in [9.17, 15) is 0 Å². The highest BCUT2D eigenvalue weighted by atomic mass is 16.5. The predicted molar refractivity (Wildman–Crippen MR) is 74.3 cm³/mol. The normalized spacial score (nSPS) is 10.5. The van der Waals surface area contributed by atoms with Gasteiger partial charge < -0.3 is 9.47 Å². The van der Waals surface area contributed by atoms with E-state index in [0.717, 1.165) is 6.61 Å². The fourth-order valence-corrected chi connectivity index (χ4v) is 2.05. The first-order valence-electron chi connectivity index (χ1n) is 6.16. The van der Waals surface area contributed by atoms with Crippen molar-refractivity contribution in [2.45, 2.75) is 20.1 Å². The van der Waals surface area contributed by atoms with Crippen LogP contribution in [0.25, 0.3) is 10.8 Å². The molecule has 2 aromatic rings. The minimum Gasteiger partial charge on any atom is -0.497 e. The molecule has 0 atom stereocenters. The molecule has 0 aromatic heterocycles. The van der Waals surface area contributed by atoms with Gasteiger partial charge in [-0.05, 0) is 28.8 Å². The minimum absolute atomic E-state index is 0.554. The Hall–Kier alpha value is -1.80. The SMILES string of the molecule is C=COCc1cccc2c(COCC)cccc12. The van der Waals surface area contributed by atoms with Crippen LogP contribution in [0.3, 0.4) is 0 Å². The van der Waals surface area contributed by atoms with E-state index in [2.05, 4.69) is 43.0 Å². The van der Waals surface area contributed by atoms with Gasteiger partial charge in [-0.15, -0.1) is 0 Å². The number of hydrogen-bond acceptors (Lipinski definition) is 2. The molecule has 0 amide bonds. The quantitative estimate of drug-likeness (QED) is 0.712. The van der Waals surface area contributed by atoms with Crippen molar-refractivity contribution >= 4 is 10.8 Å². The minimum atomic E-state index is 0.554. The zero-order valence-corrected chi connectivity index (χ0v) is 10.7. The van der Waals surface area contributed by atoms with Gasteiger partial charge in [0.1, 0.15) is 6.61 Å². The highest BCUT2D eigenvalue weighted by molar-refractivity contribution is 5.88. The number of benzene rings is 2. The average Bonchev–Trinajstić information content (AvgIpc) is 2.42. The number of fused-ring (bicyclic) bond motifs is 1. The van der Waals surface area contributed by atoms with Gasteiger partial charge in [0.2, 0.25) is 0 Å². The molecule has 0 aliphatic heterocycles. The van der Waals surface area contributed by atoms with Crippen LogP contribution in [0.4, 0.5) is 0 Å². The van der Waals surface area contributed by atoms with Crippen LogP contribution < -0.4 is 0 Å². The molecular formula is C16H18O2. The first-order chi connectivity index (χ1) is 8.86. The Morgan fingerprint density at radius 3 is 2.17 bits per heavy atom. The van der Waals surface area contributed by atoms with Gasteiger partial charge in [-0.3, -0.25) is 0 Å². The zero-order chi connectivity index (χ0) is 12.8. The molecule has 2 heteroatoms. The summed E-state index contributed by atoms with van der Waals surface area (Å²) in [6.45, 7) is 7.52. The second-order valence-corrected chi connectivity index (χ2v) is 4.04. The van der Waals surface area contributed by atoms with Crippen molar-refractivity contribution in [3.8, 4) is 0 Å². The van der Waals surface area contributed by atoms with E-state index in [1.807, 2.05) is 6.92 Å². The first kappa shape index (κ1) is 12.7. The first-order valence-corrected chi connectivity index (χ1v) is 6.16. The summed E-state index contributed by atoms with van der Waals surface area (Å²) in [6, 6.07) is 12.5. The average molecular weight is 242 g/mol. The van der Waals surface area contributed by atoms with Crippen molar-refractivity contribution < 1.29 is 9.47 Å². The Kier molecular flexibility index (Phi) is 4.37. The van der Waals surface area contributed by atoms with Crippen LogP contribution in [0.15, 0.2) is 49.2 Å². The Labute approximate surface area is 108 Å². The lowest BCUT2D eigenvalue weighted by Gasteiger charge is -2.10. The lowest BCUT2D eigenvalue weighted by atomic mass is 10.0. The summed E-state index contributed by atoms with van der Waals surface area (Å²) in [5.74, 6) is 0. The monoisotopic (exact) mass is 242 g/mol. The van der Waals surface area contributed by atoms with E-state index in [4.69, 9.17) is 9.47 Å². The van der Waals surface area contributed by atoms with Crippen LogP contribution >= 0.6 is 0 Å². The smallest absolute Gasteiger partial charge is 0.113 e. The van der Waals surface area contributed by atoms with Crippen LogP contribution in [0.5, 0.6) is 0 Å². The molecule has 94 valence electrons. The summed E-state index contributed by atoms with van der Waals surface area (Å²) in [6.07, 6.45) is 1.48. The van der Waals surface area contributed by atoms with Crippen molar-refractivity contribution in [1.29, 1.82) is 0 Å². The summed E-state index contributed by atoms with van der Waals surface area (Å²) in [7, 11) is 0. The zero-order valence-electron chi connectivity index (χ0n) is 10.7. The van der Waals surface area contributed by atoms with Gasteiger partial charge >= 0.3 is 0 Å². The second kappa shape index (κ2) is 6.22. The third-order valence-corrected chi connectivity index (χ3v) is 2.92. The second-order valence-electron chi connectivity index (χ2n) is 4.04. The Bertz CT molecular complexity index is 532. The van der Waals surface area contributed by atoms with E-state index in [1.165, 1.54) is 28.2 Å². The molecule has 2 nitrogen and oxygen atoms in total. The number of rotatable bonds is 6. The molecule has 2 aromatic carbocycles. The van der Waals surface area contributed by atoms with Crippen LogP contribution in [-0.2, 0) is 22.7 Å². The fraction of sp³-hybridized carbons (Fsp3) is 0.250. The van der Waals surface area contributed by atoms with Gasteiger partial charge in [0.25, 0.3) is 0 Å². The largest absolute Gasteiger partial charge is 0.497 e. The standard InChI is InChI=1S/C16H18O2/c1-3-17-11-13-7-5-10-16-14(12-18-4-2)8-6-9-15(13)16/h3,5-10H,1,4,11-12H2,2H3. The molecule has 0 spiro atoms. The maximum Gasteiger partial charge on any atom is 0.113 e. The van der Waals surface area contributed by atoms with Crippen molar-refractivity contribution in [2.75, 3.05) is 6.61 Å². The molecule has 0 heterocycles. The number of hydrogen-bond donors (Lipinski definition) is 0. The summed E-state index contributed by atoms with van der Waals surface area (Å²) in [5, 5.41) is 2.45. The molecule has 0 saturated heterocycles. The van der Waals surface area contributed by atoms with E-state index >= 15 is 0 Å². The van der Waals surface area contributed by atoms with E-state index in [1.54, 1.807) is 0 Å². The van der Waals surface area contributed by atoms with Crippen molar-refractivity contribution in [2.24, 2.45) is 0 Å². The van der Waals surface area contributed by atoms with Gasteiger partial charge in [-0.25, -0.2) is 0 Å². The van der Waals surface area contributed by atoms with Crippen molar-refractivity contribution in [3.63, 3.8) is 0 Å². The summed E-state index contributed by atoms with van der Waals surface area (Å²) >= 11 is 0. The van der Waals surface area contributed by atoms with Gasteiger partial charge in [-0.2, -0.15) is 0 Å². The topological polar surface area (TPSA) is 18.5 Å². The maximum atomic E-state index is 5.50. The van der Waals surface area contributed by atoms with Crippen LogP contribution in [0, 0.1) is 0 Å². The maximum absolute atomic E-state index is 5.50. The molecule has 0 saturated carbocycles. The van der Waals surface area contributed by atoms with Crippen LogP contribution in [-0.4, -0.2) is 6.61 Å². The summed E-state index contributed by atoms with van der Waals surface area (Å²) in [5.41, 5.74) is 2.39. The van der Waals surface area contributed by atoms with E-state index in [-0.39, 0.29) is 0 Å². The number of ether oxygens (including phenoxy) is 2. The molecule has 0 N–H and O–H groups in total. The molecule has 18 heavy (non-hydrogen) atoms. The molecule has 0 aliphatic rings. The summed E-state index contributed by atoms with van der Waals surface area (Å²) < 4.78 is 10.8. The van der Waals surface area contributed by atoms with Gasteiger partial charge in [0.15, 0.2) is 0 Å². The molecule has 0 aliphatic carbocycles. The molecule has 0 bridgehead atoms. The predicted octanol–water partition coefficient (Wildman–Crippen LogP) is 4.04. The highest BCUT2D eigenvalue weighted by Gasteiger charge is 2.04. The molecule has 2 rings (SSSR count). The Morgan fingerprint density at radius 1 is 1.00 bits per heavy atom. The Morgan fingerprint density at radius 2 is 1.61 bits per heavy atom. The molecule has 0 fully saturated rings. The lowest BCUT2D eigenvalue weighted by Crippen LogP contribution is -1.95. The third kappa shape index (κ3) is 2.71. The van der Waals surface area contributed by atoms with Gasteiger partial charge in [0, 0.05) is 6.61 Å². The lowest BCUT2D eigenvalue weighted by molar-refractivity contribution is 0.135. The van der Waals surface area contributed by atoms with Gasteiger partial charge in [-0.1, -0.05) is 43.0 Å². The summed E-state index contributed by atoms with van der Waals surface area (Å²) in [4.78, 5) is 0. The third-order valence-electron chi connectivity index (χ3n) is 2.92. The molecule has 0 unspecified atom stereocenters. The highest BCUT2D eigenvalue weighted by Crippen LogP contribution is 2.23. The van der Waals surface area contributed by atoms with Crippen LogP contribution in [0.1, 0.15) is 18.1 Å². The van der Waals surface area contributed by atoms with Crippen molar-refractivity contribution in [1.82, 2.24) is 0 Å². The van der Waals surface area contributed by atoms with Gasteiger partial charge in [0.05, 0.1) is 12.9 Å². The van der Waals surface area contributed by atoms with E-state index < -0.39 is 0 Å². The molecular weight excluding hydrogens is 224 g/mol. The van der Waals surface area contributed by atoms with Crippen LogP contribution in [0.2, 0.25) is 0 Å².